The molecule has 0 aliphatic carbocycles. The van der Waals surface area contributed by atoms with Gasteiger partial charge in [0.2, 0.25) is 5.91 Å². The number of phosphoric ester groups is 1. The number of phosphoric acid groups is 1. The number of unbranched alkanes of at least 4 members (excludes halogenated alkanes) is 20. The summed E-state index contributed by atoms with van der Waals surface area (Å²) < 4.78 is 26.8. The molecule has 0 radical (unpaired) electrons. The van der Waals surface area contributed by atoms with Gasteiger partial charge in [-0.25, -0.2) is 4.57 Å². The van der Waals surface area contributed by atoms with Crippen LogP contribution in [-0.4, -0.2) is 54.3 Å². The molecule has 0 aromatic heterocycles. The summed E-state index contributed by atoms with van der Waals surface area (Å²) in [6, 6.07) is 0. The molecule has 1 amide bonds. The number of esters is 1. The Kier molecular flexibility index (Phi) is 35.2. The van der Waals surface area contributed by atoms with Gasteiger partial charge in [0.15, 0.2) is 0 Å². The van der Waals surface area contributed by atoms with Crippen LogP contribution in [-0.2, 0) is 27.9 Å². The zero-order valence-corrected chi connectivity index (χ0v) is 32.3. The smallest absolute Gasteiger partial charge is 0.463 e. The number of hydrogen-bond acceptors (Lipinski definition) is 7. The van der Waals surface area contributed by atoms with Gasteiger partial charge >= 0.3 is 13.8 Å². The summed E-state index contributed by atoms with van der Waals surface area (Å²) in [7, 11) is -4.41. The highest BCUT2D eigenvalue weighted by atomic mass is 31.2. The van der Waals surface area contributed by atoms with Crippen molar-refractivity contribution in [3.8, 4) is 0 Å². The summed E-state index contributed by atoms with van der Waals surface area (Å²) in [6.45, 7) is 3.51. The summed E-state index contributed by atoms with van der Waals surface area (Å²) in [6.07, 6.45) is 36.7. The van der Waals surface area contributed by atoms with E-state index in [0.29, 0.717) is 6.42 Å². The van der Waals surface area contributed by atoms with Gasteiger partial charge in [-0.15, -0.1) is 0 Å². The SMILES string of the molecule is CCCCC/C=C\C/C=C\CCCCCCCCCC(=O)NCCOP(=O)(O)OCC(O)COC(=O)CCCCCCCCCCCCC. The van der Waals surface area contributed by atoms with Gasteiger partial charge in [-0.3, -0.25) is 18.6 Å². The number of amides is 1. The fraction of sp³-hybridized carbons (Fsp3) is 0.846. The van der Waals surface area contributed by atoms with E-state index in [1.54, 1.807) is 0 Å². The Bertz CT molecular complexity index is 866. The molecule has 49 heavy (non-hydrogen) atoms. The molecule has 0 saturated heterocycles. The van der Waals surface area contributed by atoms with E-state index in [1.807, 2.05) is 0 Å². The second kappa shape index (κ2) is 36.3. The lowest BCUT2D eigenvalue weighted by molar-refractivity contribution is -0.147. The average Bonchev–Trinajstić information content (AvgIpc) is 3.08. The molecule has 0 bridgehead atoms. The highest BCUT2D eigenvalue weighted by Crippen LogP contribution is 2.42. The number of carbonyl (C=O) groups excluding carboxylic acids is 2. The molecule has 288 valence electrons. The first-order valence-electron chi connectivity index (χ1n) is 19.8. The van der Waals surface area contributed by atoms with Crippen LogP contribution >= 0.6 is 7.82 Å². The molecule has 3 N–H and O–H groups in total. The Labute approximate surface area is 300 Å². The third kappa shape index (κ3) is 37.6. The second-order valence-electron chi connectivity index (χ2n) is 13.3. The van der Waals surface area contributed by atoms with Gasteiger partial charge in [0.05, 0.1) is 13.2 Å². The quantitative estimate of drug-likeness (QED) is 0.0251. The molecule has 0 aromatic carbocycles. The van der Waals surface area contributed by atoms with E-state index in [9.17, 15) is 24.2 Å². The van der Waals surface area contributed by atoms with Gasteiger partial charge in [-0.05, 0) is 44.9 Å². The van der Waals surface area contributed by atoms with Gasteiger partial charge in [0.25, 0.3) is 0 Å². The largest absolute Gasteiger partial charge is 0.472 e. The molecule has 0 saturated carbocycles. The third-order valence-corrected chi connectivity index (χ3v) is 9.37. The number of hydrogen-bond donors (Lipinski definition) is 3. The molecular weight excluding hydrogens is 641 g/mol. The van der Waals surface area contributed by atoms with E-state index in [2.05, 4.69) is 43.5 Å². The molecule has 0 spiro atoms. The van der Waals surface area contributed by atoms with Gasteiger partial charge < -0.3 is 20.1 Å². The van der Waals surface area contributed by atoms with Crippen molar-refractivity contribution in [1.29, 1.82) is 0 Å². The van der Waals surface area contributed by atoms with Crippen LogP contribution in [0.4, 0.5) is 0 Å². The molecule has 0 aliphatic rings. The van der Waals surface area contributed by atoms with Gasteiger partial charge in [0, 0.05) is 19.4 Å². The van der Waals surface area contributed by atoms with Crippen molar-refractivity contribution in [3.05, 3.63) is 24.3 Å². The van der Waals surface area contributed by atoms with Crippen LogP contribution in [0.5, 0.6) is 0 Å². The van der Waals surface area contributed by atoms with Crippen molar-refractivity contribution >= 4 is 19.7 Å². The van der Waals surface area contributed by atoms with E-state index in [0.717, 1.165) is 51.4 Å². The number of aliphatic hydroxyl groups excluding tert-OH is 1. The molecule has 0 fully saturated rings. The highest BCUT2D eigenvalue weighted by molar-refractivity contribution is 7.47. The minimum atomic E-state index is -4.41. The maximum atomic E-state index is 12.0. The number of rotatable bonds is 37. The fourth-order valence-electron chi connectivity index (χ4n) is 5.35. The summed E-state index contributed by atoms with van der Waals surface area (Å²) in [5, 5.41) is 12.6. The maximum absolute atomic E-state index is 12.0. The van der Waals surface area contributed by atoms with Crippen LogP contribution in [0.3, 0.4) is 0 Å². The molecular formula is C39H74NO8P. The van der Waals surface area contributed by atoms with Crippen LogP contribution < -0.4 is 5.32 Å². The normalized spacial score (nSPS) is 13.6. The third-order valence-electron chi connectivity index (χ3n) is 8.38. The summed E-state index contributed by atoms with van der Waals surface area (Å²) in [5.74, 6) is -0.523. The number of nitrogens with one attached hydrogen (secondary N) is 1. The molecule has 2 unspecified atom stereocenters. The highest BCUT2D eigenvalue weighted by Gasteiger charge is 2.23. The molecule has 0 aliphatic heterocycles. The van der Waals surface area contributed by atoms with Crippen molar-refractivity contribution in [2.75, 3.05) is 26.4 Å². The fourth-order valence-corrected chi connectivity index (χ4v) is 6.11. The maximum Gasteiger partial charge on any atom is 0.472 e. The Balaban J connectivity index is 3.61. The lowest BCUT2D eigenvalue weighted by Gasteiger charge is -2.15. The standard InChI is InChI=1S/C39H74NO8P/c1-3-5-7-9-11-13-15-16-17-18-19-20-22-23-25-27-29-31-38(42)40-33-34-47-49(44,45)48-36-37(41)35-46-39(43)32-30-28-26-24-21-14-12-10-8-6-4-2/h11,13,16-17,37,41H,3-10,12,14-15,18-36H2,1-2H3,(H,40,42)(H,44,45)/b13-11-,17-16-. The monoisotopic (exact) mass is 716 g/mol. The first-order valence-corrected chi connectivity index (χ1v) is 21.3. The van der Waals surface area contributed by atoms with Gasteiger partial charge in [-0.2, -0.15) is 0 Å². The number of ether oxygens (including phenoxy) is 1. The van der Waals surface area contributed by atoms with E-state index in [-0.39, 0.29) is 32.1 Å². The number of aliphatic hydroxyl groups is 1. The van der Waals surface area contributed by atoms with E-state index in [1.165, 1.54) is 103 Å². The van der Waals surface area contributed by atoms with Crippen LogP contribution in [0.2, 0.25) is 0 Å². The number of allylic oxidation sites excluding steroid dienone is 4. The Morgan fingerprint density at radius 1 is 0.633 bits per heavy atom. The lowest BCUT2D eigenvalue weighted by Crippen LogP contribution is -2.27. The van der Waals surface area contributed by atoms with Crippen LogP contribution in [0.25, 0.3) is 0 Å². The van der Waals surface area contributed by atoms with Gasteiger partial charge in [-0.1, -0.05) is 147 Å². The zero-order chi connectivity index (χ0) is 36.1. The zero-order valence-electron chi connectivity index (χ0n) is 31.4. The average molecular weight is 716 g/mol. The van der Waals surface area contributed by atoms with Crippen LogP contribution in [0, 0.1) is 0 Å². The minimum absolute atomic E-state index is 0.0790. The van der Waals surface area contributed by atoms with E-state index >= 15 is 0 Å². The Hall–Kier alpha value is -1.51. The predicted molar refractivity (Wildman–Crippen MR) is 201 cm³/mol. The minimum Gasteiger partial charge on any atom is -0.463 e. The van der Waals surface area contributed by atoms with E-state index in [4.69, 9.17) is 13.8 Å². The first kappa shape index (κ1) is 47.5. The van der Waals surface area contributed by atoms with Crippen molar-refractivity contribution in [2.24, 2.45) is 0 Å². The van der Waals surface area contributed by atoms with Crippen molar-refractivity contribution in [1.82, 2.24) is 5.32 Å². The van der Waals surface area contributed by atoms with Crippen molar-refractivity contribution in [3.63, 3.8) is 0 Å². The summed E-state index contributed by atoms with van der Waals surface area (Å²) in [5.41, 5.74) is 0. The van der Waals surface area contributed by atoms with Gasteiger partial charge in [0.1, 0.15) is 12.7 Å². The molecule has 0 aromatic rings. The Morgan fingerprint density at radius 2 is 1.10 bits per heavy atom. The lowest BCUT2D eigenvalue weighted by atomic mass is 10.1. The molecule has 0 heterocycles. The molecule has 10 heteroatoms. The van der Waals surface area contributed by atoms with E-state index < -0.39 is 26.5 Å². The summed E-state index contributed by atoms with van der Waals surface area (Å²) >= 11 is 0. The predicted octanol–water partition coefficient (Wildman–Crippen LogP) is 10.4. The molecule has 2 atom stereocenters. The first-order chi connectivity index (χ1) is 23.8. The summed E-state index contributed by atoms with van der Waals surface area (Å²) in [4.78, 5) is 33.8. The number of carbonyl (C=O) groups is 2. The van der Waals surface area contributed by atoms with Crippen molar-refractivity contribution in [2.45, 2.75) is 187 Å². The Morgan fingerprint density at radius 3 is 1.67 bits per heavy atom. The molecule has 9 nitrogen and oxygen atoms in total. The van der Waals surface area contributed by atoms with Crippen molar-refractivity contribution < 1.29 is 37.9 Å². The molecule has 0 rings (SSSR count). The second-order valence-corrected chi connectivity index (χ2v) is 14.7. The van der Waals surface area contributed by atoms with Crippen LogP contribution in [0.1, 0.15) is 181 Å². The van der Waals surface area contributed by atoms with Crippen LogP contribution in [0.15, 0.2) is 24.3 Å². The topological polar surface area (TPSA) is 131 Å².